The van der Waals surface area contributed by atoms with Crippen molar-refractivity contribution in [2.24, 2.45) is 0 Å². The van der Waals surface area contributed by atoms with Crippen LogP contribution < -0.4 is 0 Å². The summed E-state index contributed by atoms with van der Waals surface area (Å²) in [6, 6.07) is 116. The zero-order chi connectivity index (χ0) is 63.5. The smallest absolute Gasteiger partial charge is 0.164 e. The second-order valence-electron chi connectivity index (χ2n) is 24.7. The topological polar surface area (TPSA) is 68.8 Å². The van der Waals surface area contributed by atoms with Gasteiger partial charge in [0, 0.05) is 49.6 Å². The van der Waals surface area contributed by atoms with Crippen LogP contribution in [0.5, 0.6) is 5.75 Å². The van der Waals surface area contributed by atoms with Gasteiger partial charge in [0.15, 0.2) is 17.5 Å². The molecular weight excluding hydrogens is 1160 g/mol. The van der Waals surface area contributed by atoms with Crippen molar-refractivity contribution in [3.63, 3.8) is 0 Å². The number of phenols is 1. The van der Waals surface area contributed by atoms with Gasteiger partial charge in [-0.2, -0.15) is 0 Å². The van der Waals surface area contributed by atoms with Gasteiger partial charge in [-0.05, 0) is 206 Å². The molecule has 6 heteroatoms. The van der Waals surface area contributed by atoms with Crippen molar-refractivity contribution in [2.75, 3.05) is 0 Å². The van der Waals surface area contributed by atoms with Crippen LogP contribution in [0.4, 0.5) is 0 Å². The minimum Gasteiger partial charge on any atom is -0.508 e. The van der Waals surface area contributed by atoms with Crippen molar-refractivity contribution in [1.29, 1.82) is 0 Å². The molecule has 0 aliphatic heterocycles. The van der Waals surface area contributed by atoms with E-state index in [1.54, 1.807) is 12.1 Å². The third-order valence-electron chi connectivity index (χ3n) is 18.7. The van der Waals surface area contributed by atoms with Crippen molar-refractivity contribution < 1.29 is 5.11 Å². The van der Waals surface area contributed by atoms with Gasteiger partial charge in [0.1, 0.15) is 5.75 Å². The van der Waals surface area contributed by atoms with Crippen LogP contribution in [0, 0.1) is 13.8 Å². The lowest BCUT2D eigenvalue weighted by molar-refractivity contribution is 0.475. The summed E-state index contributed by atoms with van der Waals surface area (Å²) in [5.41, 5.74) is 27.3. The number of aromatic nitrogens is 5. The van der Waals surface area contributed by atoms with Crippen molar-refractivity contribution in [1.82, 2.24) is 24.1 Å². The van der Waals surface area contributed by atoms with Gasteiger partial charge >= 0.3 is 0 Å². The molecule has 0 spiro atoms. The first-order chi connectivity index (χ1) is 46.8. The molecule has 17 rings (SSSR count). The molecule has 0 amide bonds. The van der Waals surface area contributed by atoms with Gasteiger partial charge in [-0.3, -0.25) is 0 Å². The minimum atomic E-state index is 0.205. The molecular formula is C89H61N5O. The summed E-state index contributed by atoms with van der Waals surface area (Å²) in [4.78, 5) is 16.0. The monoisotopic (exact) mass is 1220 g/mol. The highest BCUT2D eigenvalue weighted by Crippen LogP contribution is 2.42. The Bertz CT molecular complexity index is 5310. The minimum absolute atomic E-state index is 0.205. The first-order valence-electron chi connectivity index (χ1n) is 32.3. The standard InChI is InChI=1S/C89H61N5O/c1-57-47-74(93-83-43-35-65(59-19-7-3-8-20-59)53-79(83)80-54-66(36-44-84(80)93)60-21-9-4-10-22-60)39-41-77(57)69-29-16-32-72(50-69)88-90-87(71-31-15-27-63(49-71)64-28-18-34-76(95)52-64)91-89(92-88)73-33-17-30-70(51-73)78-42-40-75(48-58(78)2)94-85-45-37-67(61-23-11-5-12-24-61)55-81(85)82-56-68(38-46-86(82)94)62-25-13-6-14-26-62/h3-56,95H,1-2H3. The summed E-state index contributed by atoms with van der Waals surface area (Å²) in [5.74, 6) is 1.86. The number of phenolic OH excluding ortho intramolecular Hbond substituents is 1. The average molecular weight is 1220 g/mol. The molecule has 448 valence electrons. The number of hydrogen-bond donors (Lipinski definition) is 1. The molecule has 17 aromatic rings. The molecule has 95 heavy (non-hydrogen) atoms. The van der Waals surface area contributed by atoms with E-state index in [9.17, 15) is 5.11 Å². The quantitative estimate of drug-likeness (QED) is 0.132. The van der Waals surface area contributed by atoms with Crippen molar-refractivity contribution >= 4 is 43.6 Å². The third-order valence-corrected chi connectivity index (χ3v) is 18.7. The van der Waals surface area contributed by atoms with E-state index >= 15 is 0 Å². The number of aryl methyl sites for hydroxylation is 2. The summed E-state index contributed by atoms with van der Waals surface area (Å²) >= 11 is 0. The Hall–Kier alpha value is -12.5. The first-order valence-corrected chi connectivity index (χ1v) is 32.3. The number of hydrogen-bond acceptors (Lipinski definition) is 4. The maximum absolute atomic E-state index is 10.5. The van der Waals surface area contributed by atoms with E-state index in [0.29, 0.717) is 17.5 Å². The number of aromatic hydroxyl groups is 1. The molecule has 14 aromatic carbocycles. The fraction of sp³-hybridized carbons (Fsp3) is 0.0225. The van der Waals surface area contributed by atoms with E-state index in [4.69, 9.17) is 15.0 Å². The molecule has 0 unspecified atom stereocenters. The maximum Gasteiger partial charge on any atom is 0.164 e. The molecule has 0 aliphatic rings. The molecule has 0 saturated carbocycles. The largest absolute Gasteiger partial charge is 0.508 e. The molecule has 0 radical (unpaired) electrons. The van der Waals surface area contributed by atoms with Crippen LogP contribution in [0.1, 0.15) is 11.1 Å². The van der Waals surface area contributed by atoms with E-state index in [0.717, 1.165) is 94.6 Å². The summed E-state index contributed by atoms with van der Waals surface area (Å²) in [7, 11) is 0. The predicted molar refractivity (Wildman–Crippen MR) is 394 cm³/mol. The van der Waals surface area contributed by atoms with E-state index in [1.807, 2.05) is 30.3 Å². The number of nitrogens with zero attached hydrogens (tertiary/aromatic N) is 5. The molecule has 6 nitrogen and oxygen atoms in total. The highest BCUT2D eigenvalue weighted by atomic mass is 16.3. The average Bonchev–Trinajstić information content (AvgIpc) is 1.19. The molecule has 0 atom stereocenters. The SMILES string of the molecule is Cc1cc(-n2c3ccc(-c4ccccc4)cc3c3cc(-c4ccccc4)ccc32)ccc1-c1cccc(-c2nc(-c3cccc(-c4cccc(O)c4)c3)nc(-c3cccc(-c4ccc(-n5c6ccc(-c7ccccc7)cc6c6cc(-c7ccccc7)ccc65)cc4C)c3)n2)c1. The molecule has 3 aromatic heterocycles. The molecule has 1 N–H and O–H groups in total. The van der Waals surface area contributed by atoms with Gasteiger partial charge in [-0.1, -0.05) is 224 Å². The van der Waals surface area contributed by atoms with Crippen molar-refractivity contribution in [3.05, 3.63) is 339 Å². The van der Waals surface area contributed by atoms with Crippen molar-refractivity contribution in [2.45, 2.75) is 13.8 Å². The van der Waals surface area contributed by atoms with E-state index < -0.39 is 0 Å². The van der Waals surface area contributed by atoms with Gasteiger partial charge in [0.05, 0.1) is 22.1 Å². The zero-order valence-corrected chi connectivity index (χ0v) is 52.4. The van der Waals surface area contributed by atoms with Crippen LogP contribution in [0.3, 0.4) is 0 Å². The lowest BCUT2D eigenvalue weighted by atomic mass is 9.97. The highest BCUT2D eigenvalue weighted by molar-refractivity contribution is 6.13. The van der Waals surface area contributed by atoms with Crippen LogP contribution in [-0.4, -0.2) is 29.2 Å². The lowest BCUT2D eigenvalue weighted by Crippen LogP contribution is -2.01. The third kappa shape index (κ3) is 10.5. The van der Waals surface area contributed by atoms with Gasteiger partial charge in [-0.25, -0.2) is 15.0 Å². The van der Waals surface area contributed by atoms with Gasteiger partial charge in [0.2, 0.25) is 0 Å². The van der Waals surface area contributed by atoms with Gasteiger partial charge < -0.3 is 14.2 Å². The van der Waals surface area contributed by atoms with Crippen LogP contribution >= 0.6 is 0 Å². The number of rotatable bonds is 12. The van der Waals surface area contributed by atoms with Gasteiger partial charge in [-0.15, -0.1) is 0 Å². The molecule has 0 saturated heterocycles. The van der Waals surface area contributed by atoms with Crippen LogP contribution in [0.25, 0.3) is 167 Å². The zero-order valence-electron chi connectivity index (χ0n) is 52.4. The summed E-state index contributed by atoms with van der Waals surface area (Å²) in [5, 5.41) is 15.4. The molecule has 0 aliphatic carbocycles. The first kappa shape index (κ1) is 56.5. The Morgan fingerprint density at radius 2 is 0.495 bits per heavy atom. The van der Waals surface area contributed by atoms with E-state index in [-0.39, 0.29) is 5.75 Å². The fourth-order valence-corrected chi connectivity index (χ4v) is 14.0. The molecule has 0 fully saturated rings. The van der Waals surface area contributed by atoms with Crippen LogP contribution in [-0.2, 0) is 0 Å². The summed E-state index contributed by atoms with van der Waals surface area (Å²) in [6.07, 6.45) is 0. The second-order valence-corrected chi connectivity index (χ2v) is 24.7. The van der Waals surface area contributed by atoms with Crippen molar-refractivity contribution in [3.8, 4) is 129 Å². The van der Waals surface area contributed by atoms with E-state index in [1.165, 1.54) is 66.1 Å². The maximum atomic E-state index is 10.5. The summed E-state index contributed by atoms with van der Waals surface area (Å²) in [6.45, 7) is 4.41. The summed E-state index contributed by atoms with van der Waals surface area (Å²) < 4.78 is 4.82. The Morgan fingerprint density at radius 3 is 0.821 bits per heavy atom. The highest BCUT2D eigenvalue weighted by Gasteiger charge is 2.21. The van der Waals surface area contributed by atoms with E-state index in [2.05, 4.69) is 308 Å². The Kier molecular flexibility index (Phi) is 14.0. The second kappa shape index (κ2) is 23.6. The Morgan fingerprint density at radius 1 is 0.221 bits per heavy atom. The molecule has 3 heterocycles. The number of fused-ring (bicyclic) bond motifs is 6. The predicted octanol–water partition coefficient (Wildman–Crippen LogP) is 23.1. The number of benzene rings is 14. The van der Waals surface area contributed by atoms with Gasteiger partial charge in [0.25, 0.3) is 0 Å². The Balaban J connectivity index is 0.744. The van der Waals surface area contributed by atoms with Crippen LogP contribution in [0.2, 0.25) is 0 Å². The fourth-order valence-electron chi connectivity index (χ4n) is 14.0. The molecule has 0 bridgehead atoms. The lowest BCUT2D eigenvalue weighted by Gasteiger charge is -2.14. The van der Waals surface area contributed by atoms with Crippen LogP contribution in [0.15, 0.2) is 328 Å². The Labute approximate surface area is 551 Å². The normalized spacial score (nSPS) is 11.5.